The Labute approximate surface area is 143 Å². The highest BCUT2D eigenvalue weighted by Gasteiger charge is 2.16. The van der Waals surface area contributed by atoms with E-state index in [0.717, 1.165) is 10.6 Å². The fourth-order valence-corrected chi connectivity index (χ4v) is 3.14. The van der Waals surface area contributed by atoms with Crippen molar-refractivity contribution in [1.82, 2.24) is 5.32 Å². The predicted molar refractivity (Wildman–Crippen MR) is 89.4 cm³/mol. The maximum absolute atomic E-state index is 12.3. The zero-order valence-corrected chi connectivity index (χ0v) is 14.3. The first-order chi connectivity index (χ1) is 10.9. The van der Waals surface area contributed by atoms with E-state index in [-0.39, 0.29) is 18.0 Å². The van der Waals surface area contributed by atoms with Gasteiger partial charge in [-0.25, -0.2) is 4.79 Å². The molecule has 23 heavy (non-hydrogen) atoms. The molecule has 0 aliphatic rings. The smallest absolute Gasteiger partial charge is 0.339 e. The van der Waals surface area contributed by atoms with Crippen molar-refractivity contribution in [2.24, 2.45) is 0 Å². The van der Waals surface area contributed by atoms with Gasteiger partial charge in [-0.2, -0.15) is 0 Å². The number of carboxylic acid groups (broad SMARTS) is 1. The van der Waals surface area contributed by atoms with Crippen LogP contribution in [0.3, 0.4) is 0 Å². The molecule has 0 atom stereocenters. The van der Waals surface area contributed by atoms with Crippen molar-refractivity contribution in [3.63, 3.8) is 0 Å². The summed E-state index contributed by atoms with van der Waals surface area (Å²) in [6, 6.07) is 6.51. The van der Waals surface area contributed by atoms with Gasteiger partial charge in [0.15, 0.2) is 0 Å². The zero-order valence-electron chi connectivity index (χ0n) is 12.7. The molecule has 0 unspecified atom stereocenters. The average molecular weight is 354 g/mol. The molecule has 0 radical (unpaired) electrons. The van der Waals surface area contributed by atoms with E-state index in [1.165, 1.54) is 17.8 Å². The Hall–Kier alpha value is -1.92. The molecular formula is C16H16ClNO4S. The van der Waals surface area contributed by atoms with E-state index in [1.807, 2.05) is 6.92 Å². The molecule has 1 heterocycles. The maximum Gasteiger partial charge on any atom is 0.339 e. The van der Waals surface area contributed by atoms with Gasteiger partial charge in [0, 0.05) is 9.92 Å². The average Bonchev–Trinajstić information content (AvgIpc) is 2.86. The first-order valence-electron chi connectivity index (χ1n) is 6.95. The Bertz CT molecular complexity index is 742. The van der Waals surface area contributed by atoms with Crippen LogP contribution >= 0.6 is 23.4 Å². The van der Waals surface area contributed by atoms with Crippen molar-refractivity contribution in [2.75, 3.05) is 5.75 Å². The van der Waals surface area contributed by atoms with Gasteiger partial charge in [-0.15, -0.1) is 11.8 Å². The molecule has 0 saturated carbocycles. The largest absolute Gasteiger partial charge is 0.478 e. The monoisotopic (exact) mass is 353 g/mol. The van der Waals surface area contributed by atoms with E-state index in [4.69, 9.17) is 21.1 Å². The van der Waals surface area contributed by atoms with Crippen LogP contribution in [0.15, 0.2) is 33.6 Å². The number of carbonyl (C=O) groups excluding carboxylic acids is 1. The summed E-state index contributed by atoms with van der Waals surface area (Å²) >= 11 is 7.49. The third-order valence-electron chi connectivity index (χ3n) is 3.11. The number of rotatable bonds is 6. The molecule has 1 amide bonds. The van der Waals surface area contributed by atoms with Crippen molar-refractivity contribution in [3.05, 3.63) is 51.9 Å². The molecule has 2 N–H and O–H groups in total. The molecule has 0 aliphatic carbocycles. The summed E-state index contributed by atoms with van der Waals surface area (Å²) in [5.41, 5.74) is 0.631. The summed E-state index contributed by atoms with van der Waals surface area (Å²) in [5.74, 6) is 0.217. The minimum Gasteiger partial charge on any atom is -0.478 e. The minimum absolute atomic E-state index is 0.1000. The van der Waals surface area contributed by atoms with Crippen LogP contribution in [0.4, 0.5) is 0 Å². The Balaban J connectivity index is 2.11. The maximum atomic E-state index is 12.3. The van der Waals surface area contributed by atoms with Gasteiger partial charge >= 0.3 is 5.97 Å². The Morgan fingerprint density at radius 3 is 2.65 bits per heavy atom. The number of furan rings is 1. The summed E-state index contributed by atoms with van der Waals surface area (Å²) in [6.07, 6.45) is 0. The molecule has 2 aromatic rings. The van der Waals surface area contributed by atoms with Gasteiger partial charge in [-0.3, -0.25) is 4.79 Å². The molecule has 0 fully saturated rings. The van der Waals surface area contributed by atoms with Crippen LogP contribution < -0.4 is 5.32 Å². The number of hydrogen-bond donors (Lipinski definition) is 2. The van der Waals surface area contributed by atoms with E-state index >= 15 is 0 Å². The number of benzene rings is 1. The highest BCUT2D eigenvalue weighted by atomic mass is 35.5. The molecule has 122 valence electrons. The molecular weight excluding hydrogens is 338 g/mol. The third-order valence-corrected chi connectivity index (χ3v) is 4.28. The van der Waals surface area contributed by atoms with Gasteiger partial charge in [0.05, 0.1) is 12.1 Å². The van der Waals surface area contributed by atoms with Crippen LogP contribution in [0.1, 0.15) is 39.2 Å². The van der Waals surface area contributed by atoms with Crippen molar-refractivity contribution in [2.45, 2.75) is 25.3 Å². The van der Waals surface area contributed by atoms with Gasteiger partial charge in [-0.05, 0) is 36.9 Å². The summed E-state index contributed by atoms with van der Waals surface area (Å²) in [7, 11) is 0. The number of nitrogens with one attached hydrogen (secondary N) is 1. The minimum atomic E-state index is -1.05. The summed E-state index contributed by atoms with van der Waals surface area (Å²) < 4.78 is 5.34. The summed E-state index contributed by atoms with van der Waals surface area (Å²) in [5, 5.41) is 12.3. The molecule has 0 bridgehead atoms. The Morgan fingerprint density at radius 1 is 1.30 bits per heavy atom. The highest BCUT2D eigenvalue weighted by Crippen LogP contribution is 2.26. The highest BCUT2D eigenvalue weighted by molar-refractivity contribution is 7.99. The van der Waals surface area contributed by atoms with Gasteiger partial charge in [-0.1, -0.05) is 18.5 Å². The Kier molecular flexibility index (Phi) is 5.74. The lowest BCUT2D eigenvalue weighted by Crippen LogP contribution is -2.23. The summed E-state index contributed by atoms with van der Waals surface area (Å²) in [6.45, 7) is 3.68. The van der Waals surface area contributed by atoms with Crippen LogP contribution in [0.25, 0.3) is 0 Å². The lowest BCUT2D eigenvalue weighted by Gasteiger charge is -2.09. The molecule has 0 spiro atoms. The van der Waals surface area contributed by atoms with E-state index in [0.29, 0.717) is 22.1 Å². The fourth-order valence-electron chi connectivity index (χ4n) is 2.06. The van der Waals surface area contributed by atoms with Gasteiger partial charge in [0.25, 0.3) is 5.91 Å². The normalized spacial score (nSPS) is 10.6. The molecule has 1 aromatic heterocycles. The zero-order chi connectivity index (χ0) is 17.0. The molecule has 0 aliphatic heterocycles. The lowest BCUT2D eigenvalue weighted by molar-refractivity contribution is 0.0694. The first-order valence-corrected chi connectivity index (χ1v) is 8.32. The molecule has 0 saturated heterocycles. The van der Waals surface area contributed by atoms with Crippen molar-refractivity contribution in [3.8, 4) is 0 Å². The predicted octanol–water partition coefficient (Wildman–Crippen LogP) is 3.98. The number of carbonyl (C=O) groups is 2. The van der Waals surface area contributed by atoms with Crippen molar-refractivity contribution >= 4 is 35.2 Å². The molecule has 1 aromatic carbocycles. The van der Waals surface area contributed by atoms with E-state index in [1.54, 1.807) is 25.1 Å². The standard InChI is InChI=1S/C16H16ClNO4S/c1-3-23-14-6-10(17)4-5-12(14)15(19)18-8-11-7-13(16(20)21)9(2)22-11/h4-7H,3,8H2,1-2H3,(H,18,19)(H,20,21). The van der Waals surface area contributed by atoms with E-state index in [9.17, 15) is 9.59 Å². The molecule has 5 nitrogen and oxygen atoms in total. The number of hydrogen-bond acceptors (Lipinski definition) is 4. The fraction of sp³-hybridized carbons (Fsp3) is 0.250. The lowest BCUT2D eigenvalue weighted by atomic mass is 10.2. The van der Waals surface area contributed by atoms with E-state index in [2.05, 4.69) is 5.32 Å². The number of aryl methyl sites for hydroxylation is 1. The van der Waals surface area contributed by atoms with E-state index < -0.39 is 5.97 Å². The second-order valence-corrected chi connectivity index (χ2v) is 6.49. The number of thioether (sulfide) groups is 1. The van der Waals surface area contributed by atoms with Gasteiger partial charge in [0.2, 0.25) is 0 Å². The van der Waals surface area contributed by atoms with Crippen LogP contribution in [0.2, 0.25) is 5.02 Å². The SMILES string of the molecule is CCSc1cc(Cl)ccc1C(=O)NCc1cc(C(=O)O)c(C)o1. The topological polar surface area (TPSA) is 79.5 Å². The Morgan fingerprint density at radius 2 is 2.04 bits per heavy atom. The van der Waals surface area contributed by atoms with Crippen LogP contribution in [0, 0.1) is 6.92 Å². The number of carboxylic acids is 1. The van der Waals surface area contributed by atoms with Crippen LogP contribution in [0.5, 0.6) is 0 Å². The van der Waals surface area contributed by atoms with Gasteiger partial charge < -0.3 is 14.8 Å². The van der Waals surface area contributed by atoms with Crippen molar-refractivity contribution < 1.29 is 19.1 Å². The van der Waals surface area contributed by atoms with Crippen LogP contribution in [-0.2, 0) is 6.54 Å². The first kappa shape index (κ1) is 17.4. The number of aromatic carboxylic acids is 1. The number of halogens is 1. The molecule has 7 heteroatoms. The summed E-state index contributed by atoms with van der Waals surface area (Å²) in [4.78, 5) is 24.1. The van der Waals surface area contributed by atoms with Crippen LogP contribution in [-0.4, -0.2) is 22.7 Å². The third kappa shape index (κ3) is 4.30. The molecule has 2 rings (SSSR count). The van der Waals surface area contributed by atoms with Crippen molar-refractivity contribution in [1.29, 1.82) is 0 Å². The quantitative estimate of drug-likeness (QED) is 0.768. The number of amides is 1. The second-order valence-electron chi connectivity index (χ2n) is 4.74. The van der Waals surface area contributed by atoms with Gasteiger partial charge in [0.1, 0.15) is 17.1 Å². The second kappa shape index (κ2) is 7.57.